The fourth-order valence-corrected chi connectivity index (χ4v) is 6.39. The van der Waals surface area contributed by atoms with Crippen LogP contribution in [0.15, 0.2) is 24.3 Å². The molecule has 4 fully saturated rings. The second-order valence-corrected chi connectivity index (χ2v) is 12.8. The predicted octanol–water partition coefficient (Wildman–Crippen LogP) is 1.56. The van der Waals surface area contributed by atoms with Crippen LogP contribution < -0.4 is 21.3 Å². The van der Waals surface area contributed by atoms with Crippen LogP contribution in [0.25, 0.3) is 0 Å². The van der Waals surface area contributed by atoms with Gasteiger partial charge in [-0.2, -0.15) is 0 Å². The van der Waals surface area contributed by atoms with Crippen molar-refractivity contribution in [1.82, 2.24) is 20.9 Å². The molecule has 5 atom stereocenters. The van der Waals surface area contributed by atoms with Crippen LogP contribution in [0.1, 0.15) is 64.9 Å². The Labute approximate surface area is 235 Å². The molecule has 40 heavy (non-hydrogen) atoms. The number of fused-ring (bicyclic) bond motifs is 1. The first-order valence-electron chi connectivity index (χ1n) is 14.5. The molecule has 0 bridgehead atoms. The lowest BCUT2D eigenvalue weighted by atomic mass is 9.94. The largest absolute Gasteiger partial charge is 0.376 e. The second kappa shape index (κ2) is 10.9. The first kappa shape index (κ1) is 28.1. The molecule has 4 amide bonds. The van der Waals surface area contributed by atoms with E-state index in [-0.39, 0.29) is 48.1 Å². The average molecular weight is 552 g/mol. The molecule has 1 aromatic rings. The highest BCUT2D eigenvalue weighted by Gasteiger charge is 2.69. The van der Waals surface area contributed by atoms with E-state index in [9.17, 15) is 24.0 Å². The Morgan fingerprint density at radius 3 is 2.38 bits per heavy atom. The molecule has 10 nitrogen and oxygen atoms in total. The molecular formula is C30H41N5O5. The molecule has 2 aliphatic carbocycles. The Kier molecular flexibility index (Phi) is 7.63. The first-order chi connectivity index (χ1) is 19.0. The number of amides is 4. The zero-order valence-corrected chi connectivity index (χ0v) is 23.8. The molecule has 10 heteroatoms. The van der Waals surface area contributed by atoms with E-state index in [1.54, 1.807) is 4.90 Å². The van der Waals surface area contributed by atoms with Crippen molar-refractivity contribution in [1.29, 1.82) is 0 Å². The van der Waals surface area contributed by atoms with Crippen LogP contribution in [-0.4, -0.2) is 72.1 Å². The molecule has 4 aliphatic rings. The number of nitrogens with zero attached hydrogens (tertiary/aromatic N) is 1. The van der Waals surface area contributed by atoms with Crippen molar-refractivity contribution in [2.24, 2.45) is 23.2 Å². The maximum atomic E-state index is 13.8. The predicted molar refractivity (Wildman–Crippen MR) is 149 cm³/mol. The summed E-state index contributed by atoms with van der Waals surface area (Å²) in [6.07, 6.45) is 2.25. The summed E-state index contributed by atoms with van der Waals surface area (Å²) in [6.45, 7) is 9.44. The van der Waals surface area contributed by atoms with E-state index >= 15 is 0 Å². The van der Waals surface area contributed by atoms with E-state index in [1.807, 2.05) is 24.3 Å². The van der Waals surface area contributed by atoms with Gasteiger partial charge in [-0.25, -0.2) is 0 Å². The summed E-state index contributed by atoms with van der Waals surface area (Å²) in [4.78, 5) is 66.8. The lowest BCUT2D eigenvalue weighted by molar-refractivity contribution is -0.143. The molecule has 1 aromatic carbocycles. The van der Waals surface area contributed by atoms with Gasteiger partial charge in [0.15, 0.2) is 0 Å². The van der Waals surface area contributed by atoms with Crippen LogP contribution in [0.5, 0.6) is 0 Å². The molecule has 0 spiro atoms. The Balaban J connectivity index is 1.28. The third-order valence-electron chi connectivity index (χ3n) is 9.27. The number of rotatable bonds is 11. The highest BCUT2D eigenvalue weighted by atomic mass is 16.2. The van der Waals surface area contributed by atoms with Crippen LogP contribution in [0.2, 0.25) is 0 Å². The number of carbonyl (C=O) groups excluding carboxylic acids is 5. The van der Waals surface area contributed by atoms with E-state index in [0.717, 1.165) is 18.5 Å². The van der Waals surface area contributed by atoms with Gasteiger partial charge in [-0.3, -0.25) is 24.0 Å². The standard InChI is InChI=1S/C30H41N5O5/c1-16(2)17-5-7-19(8-6-17)32-14-23(36)35-15-21-24(30(21,3)4)25(35)28(39)34-22(13-18-11-12-31-27(18)38)26(37)29(40)33-20-9-10-20/h5-8,16,18,20-22,24-25,32H,9-15H2,1-4H3,(H,31,38)(H,33,40)(H,34,39)/t18-,21-,22-,24-,25-/m0/s1. The molecule has 5 rings (SSSR count). The SMILES string of the molecule is CC(C)c1ccc(NCC(=O)N2C[C@H]3[C@@H]([C@H]2C(=O)N[C@@H](C[C@@H]2CCNC2=O)C(=O)C(=O)NC2CC2)C3(C)C)cc1. The zero-order chi connectivity index (χ0) is 28.8. The van der Waals surface area contributed by atoms with Crippen molar-refractivity contribution in [2.75, 3.05) is 25.0 Å². The van der Waals surface area contributed by atoms with E-state index < -0.39 is 35.6 Å². The molecule has 0 unspecified atom stereocenters. The summed E-state index contributed by atoms with van der Waals surface area (Å²) in [7, 11) is 0. The summed E-state index contributed by atoms with van der Waals surface area (Å²) >= 11 is 0. The lowest BCUT2D eigenvalue weighted by Gasteiger charge is -2.31. The van der Waals surface area contributed by atoms with Gasteiger partial charge in [-0.05, 0) is 66.5 Å². The average Bonchev–Trinajstić information content (AvgIpc) is 3.68. The molecule has 2 saturated carbocycles. The number of anilines is 1. The van der Waals surface area contributed by atoms with Crippen LogP contribution in [0.3, 0.4) is 0 Å². The molecule has 0 aromatic heterocycles. The number of piperidine rings is 1. The highest BCUT2D eigenvalue weighted by Crippen LogP contribution is 2.64. The number of hydrogen-bond acceptors (Lipinski definition) is 6. The lowest BCUT2D eigenvalue weighted by Crippen LogP contribution is -2.56. The summed E-state index contributed by atoms with van der Waals surface area (Å²) in [6, 6.07) is 6.07. The van der Waals surface area contributed by atoms with Gasteiger partial charge in [0.1, 0.15) is 6.04 Å². The smallest absolute Gasteiger partial charge is 0.289 e. The van der Waals surface area contributed by atoms with Crippen LogP contribution in [0, 0.1) is 23.2 Å². The number of ketones is 1. The molecular weight excluding hydrogens is 510 g/mol. The maximum absolute atomic E-state index is 13.8. The van der Waals surface area contributed by atoms with Gasteiger partial charge in [0, 0.05) is 30.7 Å². The molecule has 0 radical (unpaired) electrons. The minimum absolute atomic E-state index is 0.00683. The quantitative estimate of drug-likeness (QED) is 0.308. The Bertz CT molecular complexity index is 1190. The number of hydrogen-bond donors (Lipinski definition) is 4. The van der Waals surface area contributed by atoms with Crippen molar-refractivity contribution in [2.45, 2.75) is 77.4 Å². The van der Waals surface area contributed by atoms with Crippen LogP contribution in [-0.2, 0) is 24.0 Å². The molecule has 2 aliphatic heterocycles. The van der Waals surface area contributed by atoms with Crippen molar-refractivity contribution in [3.63, 3.8) is 0 Å². The van der Waals surface area contributed by atoms with Crippen molar-refractivity contribution in [3.8, 4) is 0 Å². The van der Waals surface area contributed by atoms with Crippen molar-refractivity contribution >= 4 is 35.1 Å². The van der Waals surface area contributed by atoms with Gasteiger partial charge in [0.05, 0.1) is 12.6 Å². The maximum Gasteiger partial charge on any atom is 0.289 e. The summed E-state index contributed by atoms with van der Waals surface area (Å²) < 4.78 is 0. The fourth-order valence-electron chi connectivity index (χ4n) is 6.39. The van der Waals surface area contributed by atoms with Crippen molar-refractivity contribution in [3.05, 3.63) is 29.8 Å². The van der Waals surface area contributed by atoms with E-state index in [2.05, 4.69) is 49.0 Å². The molecule has 216 valence electrons. The van der Waals surface area contributed by atoms with Gasteiger partial charge in [0.25, 0.3) is 5.91 Å². The van der Waals surface area contributed by atoms with Gasteiger partial charge >= 0.3 is 0 Å². The Morgan fingerprint density at radius 1 is 1.07 bits per heavy atom. The van der Waals surface area contributed by atoms with Crippen LogP contribution in [0.4, 0.5) is 5.69 Å². The van der Waals surface area contributed by atoms with Crippen LogP contribution >= 0.6 is 0 Å². The molecule has 4 N–H and O–H groups in total. The Hall–Kier alpha value is -3.43. The topological polar surface area (TPSA) is 137 Å². The fraction of sp³-hybridized carbons (Fsp3) is 0.633. The zero-order valence-electron chi connectivity index (χ0n) is 23.8. The van der Waals surface area contributed by atoms with Gasteiger partial charge in [-0.1, -0.05) is 39.8 Å². The normalized spacial score (nSPS) is 27.0. The minimum Gasteiger partial charge on any atom is -0.376 e. The number of carbonyl (C=O) groups is 5. The number of Topliss-reactive ketones (excluding diaryl/α,β-unsaturated/α-hetero) is 1. The monoisotopic (exact) mass is 551 g/mol. The Morgan fingerprint density at radius 2 is 1.77 bits per heavy atom. The van der Waals surface area contributed by atoms with Crippen molar-refractivity contribution < 1.29 is 24.0 Å². The number of likely N-dealkylation sites (tertiary alicyclic amines) is 1. The van der Waals surface area contributed by atoms with Gasteiger partial charge in [-0.15, -0.1) is 0 Å². The van der Waals surface area contributed by atoms with Gasteiger partial charge < -0.3 is 26.2 Å². The van der Waals surface area contributed by atoms with E-state index in [4.69, 9.17) is 0 Å². The summed E-state index contributed by atoms with van der Waals surface area (Å²) in [5.41, 5.74) is 1.93. The number of benzene rings is 1. The first-order valence-corrected chi connectivity index (χ1v) is 14.5. The van der Waals surface area contributed by atoms with E-state index in [1.165, 1.54) is 5.56 Å². The number of nitrogens with one attached hydrogen (secondary N) is 4. The van der Waals surface area contributed by atoms with E-state index in [0.29, 0.717) is 25.4 Å². The summed E-state index contributed by atoms with van der Waals surface area (Å²) in [5.74, 6) is -2.18. The third-order valence-corrected chi connectivity index (χ3v) is 9.27. The molecule has 2 saturated heterocycles. The second-order valence-electron chi connectivity index (χ2n) is 12.8. The summed E-state index contributed by atoms with van der Waals surface area (Å²) in [5, 5.41) is 11.4. The highest BCUT2D eigenvalue weighted by molar-refractivity contribution is 6.38. The third kappa shape index (κ3) is 5.71. The molecule has 2 heterocycles. The minimum atomic E-state index is -1.13. The van der Waals surface area contributed by atoms with Gasteiger partial charge in [0.2, 0.25) is 23.5 Å².